The normalized spacial score (nSPS) is 24.4. The van der Waals surface area contributed by atoms with E-state index in [-0.39, 0.29) is 0 Å². The minimum absolute atomic E-state index is 0.825. The molecule has 2 atom stereocenters. The molecule has 1 N–H and O–H groups in total. The van der Waals surface area contributed by atoms with E-state index in [0.717, 1.165) is 17.8 Å². The first-order chi connectivity index (χ1) is 8.85. The van der Waals surface area contributed by atoms with Gasteiger partial charge >= 0.3 is 0 Å². The molecule has 1 aliphatic rings. The van der Waals surface area contributed by atoms with E-state index in [1.54, 1.807) is 0 Å². The van der Waals surface area contributed by atoms with Crippen molar-refractivity contribution in [3.8, 4) is 0 Å². The zero-order chi connectivity index (χ0) is 12.8. The minimum Gasteiger partial charge on any atom is -0.316 e. The molecule has 0 bridgehead atoms. The number of hydrogen-bond acceptors (Lipinski definition) is 1. The van der Waals surface area contributed by atoms with Gasteiger partial charge in [0.25, 0.3) is 0 Å². The van der Waals surface area contributed by atoms with Crippen LogP contribution in [0.5, 0.6) is 0 Å². The van der Waals surface area contributed by atoms with Gasteiger partial charge in [0.2, 0.25) is 0 Å². The molecule has 100 valence electrons. The van der Waals surface area contributed by atoms with E-state index in [1.165, 1.54) is 44.3 Å². The van der Waals surface area contributed by atoms with Crippen LogP contribution in [0.3, 0.4) is 0 Å². The van der Waals surface area contributed by atoms with Gasteiger partial charge in [-0.3, -0.25) is 0 Å². The largest absolute Gasteiger partial charge is 0.316 e. The summed E-state index contributed by atoms with van der Waals surface area (Å²) in [6.07, 6.45) is 5.29. The van der Waals surface area contributed by atoms with Gasteiger partial charge in [-0.1, -0.05) is 57.0 Å². The van der Waals surface area contributed by atoms with Crippen LogP contribution in [0.25, 0.3) is 0 Å². The summed E-state index contributed by atoms with van der Waals surface area (Å²) in [6.45, 7) is 7.13. The van der Waals surface area contributed by atoms with Crippen LogP contribution in [0, 0.1) is 17.8 Å². The molecule has 18 heavy (non-hydrogen) atoms. The zero-order valence-corrected chi connectivity index (χ0v) is 11.9. The molecule has 0 aliphatic carbocycles. The quantitative estimate of drug-likeness (QED) is 0.830. The lowest BCUT2D eigenvalue weighted by molar-refractivity contribution is 0.164. The monoisotopic (exact) mass is 245 g/mol. The highest BCUT2D eigenvalue weighted by molar-refractivity contribution is 5.15. The van der Waals surface area contributed by atoms with Gasteiger partial charge in [0, 0.05) is 0 Å². The van der Waals surface area contributed by atoms with Crippen LogP contribution in [0.4, 0.5) is 0 Å². The predicted molar refractivity (Wildman–Crippen MR) is 78.7 cm³/mol. The third-order valence-electron chi connectivity index (χ3n) is 4.66. The first-order valence-electron chi connectivity index (χ1n) is 7.59. The Labute approximate surface area is 112 Å². The summed E-state index contributed by atoms with van der Waals surface area (Å²) in [4.78, 5) is 0. The highest BCUT2D eigenvalue weighted by Gasteiger charge is 2.29. The molecule has 0 radical (unpaired) electrons. The first-order valence-corrected chi connectivity index (χ1v) is 7.59. The van der Waals surface area contributed by atoms with Crippen molar-refractivity contribution in [1.82, 2.24) is 5.32 Å². The van der Waals surface area contributed by atoms with Crippen LogP contribution in [0.15, 0.2) is 30.3 Å². The minimum atomic E-state index is 0.825. The maximum atomic E-state index is 3.59. The molecule has 2 unspecified atom stereocenters. The van der Waals surface area contributed by atoms with Crippen LogP contribution in [-0.2, 0) is 6.42 Å². The number of benzene rings is 1. The Morgan fingerprint density at radius 2 is 1.89 bits per heavy atom. The van der Waals surface area contributed by atoms with Crippen molar-refractivity contribution < 1.29 is 0 Å². The summed E-state index contributed by atoms with van der Waals surface area (Å²) >= 11 is 0. The van der Waals surface area contributed by atoms with E-state index < -0.39 is 0 Å². The van der Waals surface area contributed by atoms with Gasteiger partial charge in [0.15, 0.2) is 0 Å². The van der Waals surface area contributed by atoms with Gasteiger partial charge < -0.3 is 5.32 Å². The summed E-state index contributed by atoms with van der Waals surface area (Å²) in [5, 5.41) is 3.59. The molecule has 1 fully saturated rings. The Hall–Kier alpha value is -0.820. The number of nitrogens with one attached hydrogen (secondary N) is 1. The van der Waals surface area contributed by atoms with Gasteiger partial charge in [0.05, 0.1) is 0 Å². The molecule has 0 saturated carbocycles. The van der Waals surface area contributed by atoms with Gasteiger partial charge in [-0.15, -0.1) is 0 Å². The lowest BCUT2D eigenvalue weighted by atomic mass is 9.73. The maximum Gasteiger partial charge on any atom is -0.00146 e. The molecule has 1 aromatic carbocycles. The fourth-order valence-corrected chi connectivity index (χ4v) is 3.60. The Morgan fingerprint density at radius 3 is 2.56 bits per heavy atom. The fourth-order valence-electron chi connectivity index (χ4n) is 3.60. The molecule has 0 spiro atoms. The summed E-state index contributed by atoms with van der Waals surface area (Å²) in [7, 11) is 0. The Kier molecular flexibility index (Phi) is 5.25. The van der Waals surface area contributed by atoms with Crippen molar-refractivity contribution in [1.29, 1.82) is 0 Å². The van der Waals surface area contributed by atoms with Crippen molar-refractivity contribution in [3.63, 3.8) is 0 Å². The fraction of sp³-hybridized carbons (Fsp3) is 0.647. The van der Waals surface area contributed by atoms with E-state index in [0.29, 0.717) is 0 Å². The van der Waals surface area contributed by atoms with Crippen LogP contribution in [0.1, 0.15) is 38.7 Å². The molecular weight excluding hydrogens is 218 g/mol. The van der Waals surface area contributed by atoms with Gasteiger partial charge in [0.1, 0.15) is 0 Å². The number of rotatable bonds is 5. The second-order valence-corrected chi connectivity index (χ2v) is 5.68. The number of hydrogen-bond donors (Lipinski definition) is 1. The Balaban J connectivity index is 2.03. The van der Waals surface area contributed by atoms with Crippen LogP contribution >= 0.6 is 0 Å². The predicted octanol–water partition coefficient (Wildman–Crippen LogP) is 3.89. The Morgan fingerprint density at radius 1 is 1.17 bits per heavy atom. The lowest BCUT2D eigenvalue weighted by Crippen LogP contribution is -2.40. The summed E-state index contributed by atoms with van der Waals surface area (Å²) < 4.78 is 0. The van der Waals surface area contributed by atoms with Crippen LogP contribution < -0.4 is 5.32 Å². The first kappa shape index (κ1) is 13.6. The van der Waals surface area contributed by atoms with E-state index in [1.807, 2.05) is 0 Å². The topological polar surface area (TPSA) is 12.0 Å². The molecule has 1 nitrogen and oxygen atoms in total. The highest BCUT2D eigenvalue weighted by Crippen LogP contribution is 2.33. The molecular formula is C17H27N. The van der Waals surface area contributed by atoms with Gasteiger partial charge in [-0.2, -0.15) is 0 Å². The van der Waals surface area contributed by atoms with Crippen molar-refractivity contribution in [2.45, 2.75) is 39.5 Å². The smallest absolute Gasteiger partial charge is 0.00146 e. The SMILES string of the molecule is CCC(CC)C1CCNCC1Cc1ccccc1. The van der Waals surface area contributed by atoms with Crippen molar-refractivity contribution >= 4 is 0 Å². The summed E-state index contributed by atoms with van der Waals surface area (Å²) in [6, 6.07) is 11.0. The molecule has 1 heteroatoms. The average molecular weight is 245 g/mol. The maximum absolute atomic E-state index is 3.59. The van der Waals surface area contributed by atoms with E-state index in [4.69, 9.17) is 0 Å². The highest BCUT2D eigenvalue weighted by atomic mass is 14.9. The zero-order valence-electron chi connectivity index (χ0n) is 11.9. The van der Waals surface area contributed by atoms with Crippen molar-refractivity contribution in [2.24, 2.45) is 17.8 Å². The van der Waals surface area contributed by atoms with E-state index in [9.17, 15) is 0 Å². The third kappa shape index (κ3) is 3.35. The molecule has 1 aliphatic heterocycles. The van der Waals surface area contributed by atoms with Crippen LogP contribution in [0.2, 0.25) is 0 Å². The van der Waals surface area contributed by atoms with Crippen LogP contribution in [-0.4, -0.2) is 13.1 Å². The standard InChI is InChI=1S/C17H27N/c1-3-15(4-2)17-10-11-18-13-16(17)12-14-8-6-5-7-9-14/h5-9,15-18H,3-4,10-13H2,1-2H3. The molecule has 1 saturated heterocycles. The van der Waals surface area contributed by atoms with Gasteiger partial charge in [-0.25, -0.2) is 0 Å². The average Bonchev–Trinajstić information content (AvgIpc) is 2.43. The second kappa shape index (κ2) is 6.94. The van der Waals surface area contributed by atoms with Crippen molar-refractivity contribution in [3.05, 3.63) is 35.9 Å². The second-order valence-electron chi connectivity index (χ2n) is 5.68. The third-order valence-corrected chi connectivity index (χ3v) is 4.66. The summed E-state index contributed by atoms with van der Waals surface area (Å²) in [5.74, 6) is 2.66. The van der Waals surface area contributed by atoms with Gasteiger partial charge in [-0.05, 0) is 49.2 Å². The van der Waals surface area contributed by atoms with Crippen molar-refractivity contribution in [2.75, 3.05) is 13.1 Å². The molecule has 0 amide bonds. The van der Waals surface area contributed by atoms with E-state index >= 15 is 0 Å². The van der Waals surface area contributed by atoms with E-state index in [2.05, 4.69) is 49.5 Å². The molecule has 1 aromatic rings. The molecule has 2 rings (SSSR count). The molecule has 0 aromatic heterocycles. The Bertz CT molecular complexity index is 329. The molecule has 1 heterocycles. The lowest BCUT2D eigenvalue weighted by Gasteiger charge is -2.37. The summed E-state index contributed by atoms with van der Waals surface area (Å²) in [5.41, 5.74) is 1.50. The number of piperidine rings is 1.